The quantitative estimate of drug-likeness (QED) is 0.472. The minimum atomic E-state index is -0.314. The van der Waals surface area contributed by atoms with Crippen LogP contribution in [0.2, 0.25) is 0 Å². The van der Waals surface area contributed by atoms with Crippen molar-refractivity contribution < 1.29 is 14.3 Å². The molecular formula is C21H19N5O3. The predicted molar refractivity (Wildman–Crippen MR) is 110 cm³/mol. The second-order valence-electron chi connectivity index (χ2n) is 5.90. The summed E-state index contributed by atoms with van der Waals surface area (Å²) in [5.41, 5.74) is 2.40. The summed E-state index contributed by atoms with van der Waals surface area (Å²) in [6.07, 6.45) is 4.54. The van der Waals surface area contributed by atoms with Crippen molar-refractivity contribution in [3.8, 4) is 17.6 Å². The molecule has 0 radical (unpaired) electrons. The van der Waals surface area contributed by atoms with Crippen LogP contribution in [0.25, 0.3) is 17.0 Å². The molecule has 0 fully saturated rings. The van der Waals surface area contributed by atoms with E-state index in [-0.39, 0.29) is 12.5 Å². The van der Waals surface area contributed by atoms with E-state index in [4.69, 9.17) is 14.7 Å². The van der Waals surface area contributed by atoms with E-state index in [1.165, 1.54) is 12.4 Å². The number of benzene rings is 2. The Bertz CT molecular complexity index is 1090. The summed E-state index contributed by atoms with van der Waals surface area (Å²) in [7, 11) is 3.15. The number of ether oxygens (including phenoxy) is 2. The number of rotatable bonds is 7. The van der Waals surface area contributed by atoms with Crippen LogP contribution in [0.1, 0.15) is 5.56 Å². The first kappa shape index (κ1) is 19.6. The lowest BCUT2D eigenvalue weighted by Crippen LogP contribution is -2.20. The molecule has 8 heteroatoms. The molecule has 3 aromatic rings. The lowest BCUT2D eigenvalue weighted by molar-refractivity contribution is -0.116. The van der Waals surface area contributed by atoms with Crippen molar-refractivity contribution in [1.82, 2.24) is 15.3 Å². The fraction of sp³-hybridized carbons (Fsp3) is 0.143. The van der Waals surface area contributed by atoms with Crippen molar-refractivity contribution in [3.63, 3.8) is 0 Å². The van der Waals surface area contributed by atoms with Crippen molar-refractivity contribution in [2.24, 2.45) is 0 Å². The molecule has 0 aliphatic heterocycles. The van der Waals surface area contributed by atoms with Crippen molar-refractivity contribution in [2.45, 2.75) is 0 Å². The van der Waals surface area contributed by atoms with Crippen LogP contribution in [0.5, 0.6) is 11.5 Å². The molecule has 1 amide bonds. The molecule has 0 saturated carbocycles. The van der Waals surface area contributed by atoms with Crippen molar-refractivity contribution in [2.75, 3.05) is 26.1 Å². The lowest BCUT2D eigenvalue weighted by Gasteiger charge is -2.12. The third kappa shape index (κ3) is 4.78. The van der Waals surface area contributed by atoms with Crippen molar-refractivity contribution in [3.05, 3.63) is 54.4 Å². The zero-order valence-corrected chi connectivity index (χ0v) is 16.0. The van der Waals surface area contributed by atoms with Gasteiger partial charge in [0.2, 0.25) is 5.91 Å². The lowest BCUT2D eigenvalue weighted by atomic mass is 10.1. The van der Waals surface area contributed by atoms with E-state index in [1.54, 1.807) is 26.4 Å². The summed E-state index contributed by atoms with van der Waals surface area (Å²) >= 11 is 0. The normalized spacial score (nSPS) is 10.5. The standard InChI is InChI=1S/C21H19N5O3/c1-28-18-11-16-17(12-19(18)29-2)24-13-25-21(16)26-15-6-3-14(4-7-15)5-8-20(27)23-10-9-22/h3-8,11-13H,10H2,1-2H3,(H,23,27)(H,24,25,26). The maximum absolute atomic E-state index is 11.5. The number of anilines is 2. The summed E-state index contributed by atoms with van der Waals surface area (Å²) in [6.45, 7) is -0.0183. The number of nitriles is 1. The van der Waals surface area contributed by atoms with Crippen molar-refractivity contribution >= 4 is 34.4 Å². The molecule has 29 heavy (non-hydrogen) atoms. The number of carbonyl (C=O) groups is 1. The number of methoxy groups -OCH3 is 2. The summed E-state index contributed by atoms with van der Waals surface area (Å²) in [6, 6.07) is 13.0. The van der Waals surface area contributed by atoms with Gasteiger partial charge >= 0.3 is 0 Å². The van der Waals surface area contributed by atoms with Gasteiger partial charge in [-0.25, -0.2) is 9.97 Å². The molecule has 0 atom stereocenters. The number of nitrogens with zero attached hydrogens (tertiary/aromatic N) is 3. The van der Waals surface area contributed by atoms with Gasteiger partial charge in [0.25, 0.3) is 0 Å². The third-order valence-corrected chi connectivity index (χ3v) is 4.08. The zero-order valence-electron chi connectivity index (χ0n) is 16.0. The Hall–Kier alpha value is -4.12. The Morgan fingerprint density at radius 2 is 1.86 bits per heavy atom. The zero-order chi connectivity index (χ0) is 20.6. The number of carbonyl (C=O) groups excluding carboxylic acids is 1. The highest BCUT2D eigenvalue weighted by atomic mass is 16.5. The van der Waals surface area contributed by atoms with Crippen LogP contribution in [0.3, 0.4) is 0 Å². The van der Waals surface area contributed by atoms with E-state index in [9.17, 15) is 4.79 Å². The highest BCUT2D eigenvalue weighted by Crippen LogP contribution is 2.34. The summed E-state index contributed by atoms with van der Waals surface area (Å²) in [5, 5.41) is 15.0. The molecule has 8 nitrogen and oxygen atoms in total. The molecular weight excluding hydrogens is 370 g/mol. The van der Waals surface area contributed by atoms with Gasteiger partial charge in [0.1, 0.15) is 18.7 Å². The van der Waals surface area contributed by atoms with Gasteiger partial charge in [-0.05, 0) is 29.8 Å². The van der Waals surface area contributed by atoms with Crippen LogP contribution < -0.4 is 20.1 Å². The molecule has 0 spiro atoms. The summed E-state index contributed by atoms with van der Waals surface area (Å²) < 4.78 is 10.7. The molecule has 2 aromatic carbocycles. The predicted octanol–water partition coefficient (Wildman–Crippen LogP) is 3.04. The van der Waals surface area contributed by atoms with Gasteiger partial charge in [-0.15, -0.1) is 0 Å². The molecule has 0 unspecified atom stereocenters. The molecule has 1 heterocycles. The molecule has 0 bridgehead atoms. The smallest absolute Gasteiger partial charge is 0.244 e. The van der Waals surface area contributed by atoms with Crippen LogP contribution in [0.4, 0.5) is 11.5 Å². The molecule has 1 aromatic heterocycles. The van der Waals surface area contributed by atoms with Gasteiger partial charge in [-0.3, -0.25) is 4.79 Å². The minimum absolute atomic E-state index is 0.0183. The van der Waals surface area contributed by atoms with Crippen molar-refractivity contribution in [1.29, 1.82) is 5.26 Å². The number of nitrogens with one attached hydrogen (secondary N) is 2. The van der Waals surface area contributed by atoms with E-state index < -0.39 is 0 Å². The Morgan fingerprint density at radius 1 is 1.14 bits per heavy atom. The van der Waals surface area contributed by atoms with Gasteiger partial charge in [-0.2, -0.15) is 5.26 Å². The number of hydrogen-bond donors (Lipinski definition) is 2. The molecule has 0 aliphatic rings. The van der Waals surface area contributed by atoms with E-state index in [1.807, 2.05) is 36.4 Å². The number of hydrogen-bond acceptors (Lipinski definition) is 7. The van der Waals surface area contributed by atoms with Crippen LogP contribution in [-0.2, 0) is 4.79 Å². The van der Waals surface area contributed by atoms with Crippen LogP contribution in [-0.4, -0.2) is 36.6 Å². The Labute approximate surface area is 167 Å². The first-order valence-electron chi connectivity index (χ1n) is 8.71. The molecule has 3 rings (SSSR count). The maximum atomic E-state index is 11.5. The van der Waals surface area contributed by atoms with Gasteiger partial charge in [0.15, 0.2) is 11.5 Å². The first-order chi connectivity index (χ1) is 14.1. The Morgan fingerprint density at radius 3 is 2.55 bits per heavy atom. The minimum Gasteiger partial charge on any atom is -0.493 e. The fourth-order valence-electron chi connectivity index (χ4n) is 2.65. The number of fused-ring (bicyclic) bond motifs is 1. The monoisotopic (exact) mass is 389 g/mol. The molecule has 0 saturated heterocycles. The average Bonchev–Trinajstić information content (AvgIpc) is 2.76. The maximum Gasteiger partial charge on any atom is 0.244 e. The van der Waals surface area contributed by atoms with Gasteiger partial charge in [0.05, 0.1) is 25.8 Å². The Kier molecular flexibility index (Phi) is 6.22. The van der Waals surface area contributed by atoms with E-state index >= 15 is 0 Å². The van der Waals surface area contributed by atoms with Gasteiger partial charge in [-0.1, -0.05) is 12.1 Å². The molecule has 0 aliphatic carbocycles. The highest BCUT2D eigenvalue weighted by molar-refractivity contribution is 5.93. The molecule has 2 N–H and O–H groups in total. The summed E-state index contributed by atoms with van der Waals surface area (Å²) in [5.74, 6) is 1.51. The summed E-state index contributed by atoms with van der Waals surface area (Å²) in [4.78, 5) is 20.1. The topological polar surface area (TPSA) is 109 Å². The van der Waals surface area contributed by atoms with Crippen LogP contribution in [0.15, 0.2) is 48.8 Å². The third-order valence-electron chi connectivity index (χ3n) is 4.08. The number of amides is 1. The van der Waals surface area contributed by atoms with Gasteiger partial charge < -0.3 is 20.1 Å². The van der Waals surface area contributed by atoms with E-state index in [0.29, 0.717) is 17.3 Å². The largest absolute Gasteiger partial charge is 0.493 e. The first-order valence-corrected chi connectivity index (χ1v) is 8.71. The number of aromatic nitrogens is 2. The van der Waals surface area contributed by atoms with Crippen LogP contribution >= 0.6 is 0 Å². The molecule has 146 valence electrons. The van der Waals surface area contributed by atoms with Crippen LogP contribution in [0, 0.1) is 11.3 Å². The van der Waals surface area contributed by atoms with Gasteiger partial charge in [0, 0.05) is 23.2 Å². The van der Waals surface area contributed by atoms with E-state index in [0.717, 1.165) is 22.2 Å². The average molecular weight is 389 g/mol. The second-order valence-corrected chi connectivity index (χ2v) is 5.90. The SMILES string of the molecule is COc1cc2ncnc(Nc3ccc(C=CC(=O)NCC#N)cc3)c2cc1OC. The fourth-order valence-corrected chi connectivity index (χ4v) is 2.65. The van der Waals surface area contributed by atoms with E-state index in [2.05, 4.69) is 20.6 Å². The highest BCUT2D eigenvalue weighted by Gasteiger charge is 2.11. The Balaban J connectivity index is 1.80. The second kappa shape index (κ2) is 9.19.